The summed E-state index contributed by atoms with van der Waals surface area (Å²) < 4.78 is 15.7. The molecule has 0 saturated carbocycles. The summed E-state index contributed by atoms with van der Waals surface area (Å²) in [6.45, 7) is 0. The molecule has 0 atom stereocenters. The van der Waals surface area contributed by atoms with Gasteiger partial charge in [0.1, 0.15) is 23.1 Å². The average Bonchev–Trinajstić information content (AvgIpc) is 2.75. The highest BCUT2D eigenvalue weighted by molar-refractivity contribution is 6.04. The molecule has 2 aromatic carbocycles. The smallest absolute Gasteiger partial charge is 0.255 e. The topological polar surface area (TPSA) is 81.7 Å². The van der Waals surface area contributed by atoms with Crippen molar-refractivity contribution in [2.24, 2.45) is 0 Å². The largest absolute Gasteiger partial charge is 0.497 e. The zero-order valence-corrected chi connectivity index (χ0v) is 15.9. The van der Waals surface area contributed by atoms with Gasteiger partial charge in [0.25, 0.3) is 5.91 Å². The predicted octanol–water partition coefficient (Wildman–Crippen LogP) is 4.10. The van der Waals surface area contributed by atoms with Gasteiger partial charge in [-0.2, -0.15) is 0 Å². The van der Waals surface area contributed by atoms with E-state index < -0.39 is 0 Å². The van der Waals surface area contributed by atoms with Gasteiger partial charge in [0.15, 0.2) is 0 Å². The molecule has 1 aromatic heterocycles. The number of aromatic nitrogens is 1. The maximum Gasteiger partial charge on any atom is 0.255 e. The first-order valence-electron chi connectivity index (χ1n) is 8.53. The van der Waals surface area contributed by atoms with E-state index in [2.05, 4.69) is 15.6 Å². The first-order chi connectivity index (χ1) is 13.6. The molecule has 3 rings (SSSR count). The van der Waals surface area contributed by atoms with Crippen LogP contribution in [0.15, 0.2) is 60.8 Å². The van der Waals surface area contributed by atoms with Gasteiger partial charge < -0.3 is 24.8 Å². The Hall–Kier alpha value is -3.74. The number of carbonyl (C=O) groups is 1. The van der Waals surface area contributed by atoms with Crippen LogP contribution < -0.4 is 24.8 Å². The third kappa shape index (κ3) is 4.50. The number of methoxy groups -OCH3 is 3. The molecule has 7 heteroatoms. The Morgan fingerprint density at radius 2 is 1.57 bits per heavy atom. The van der Waals surface area contributed by atoms with E-state index in [9.17, 15) is 4.79 Å². The molecule has 0 aliphatic carbocycles. The van der Waals surface area contributed by atoms with Crippen LogP contribution in [-0.4, -0.2) is 32.2 Å². The highest BCUT2D eigenvalue weighted by Crippen LogP contribution is 2.31. The van der Waals surface area contributed by atoms with Crippen LogP contribution in [0.25, 0.3) is 0 Å². The lowest BCUT2D eigenvalue weighted by Crippen LogP contribution is -2.12. The number of nitrogens with zero attached hydrogens (tertiary/aromatic N) is 1. The van der Waals surface area contributed by atoms with Gasteiger partial charge in [-0.15, -0.1) is 0 Å². The molecule has 7 nitrogen and oxygen atoms in total. The first kappa shape index (κ1) is 19.0. The van der Waals surface area contributed by atoms with Gasteiger partial charge in [-0.1, -0.05) is 0 Å². The summed E-state index contributed by atoms with van der Waals surface area (Å²) in [4.78, 5) is 16.7. The number of pyridine rings is 1. The number of benzene rings is 2. The summed E-state index contributed by atoms with van der Waals surface area (Å²) in [5.41, 5.74) is 1.84. The summed E-state index contributed by atoms with van der Waals surface area (Å²) in [6.07, 6.45) is 1.58. The Kier molecular flexibility index (Phi) is 5.96. The van der Waals surface area contributed by atoms with Crippen molar-refractivity contribution in [2.75, 3.05) is 32.0 Å². The van der Waals surface area contributed by atoms with Crippen LogP contribution in [0.1, 0.15) is 10.4 Å². The lowest BCUT2D eigenvalue weighted by molar-refractivity contribution is 0.102. The van der Waals surface area contributed by atoms with Crippen molar-refractivity contribution in [3.05, 3.63) is 66.4 Å². The number of hydrogen-bond acceptors (Lipinski definition) is 6. The monoisotopic (exact) mass is 379 g/mol. The highest BCUT2D eigenvalue weighted by Gasteiger charge is 2.08. The van der Waals surface area contributed by atoms with Crippen LogP contribution in [-0.2, 0) is 0 Å². The molecule has 0 spiro atoms. The molecule has 0 aliphatic rings. The summed E-state index contributed by atoms with van der Waals surface area (Å²) >= 11 is 0. The Labute approximate surface area is 163 Å². The van der Waals surface area contributed by atoms with Crippen LogP contribution in [0.5, 0.6) is 17.2 Å². The SMILES string of the molecule is COc1ccc(C(=O)Nc2ccc(Nc3cc(OC)ccc3OC)nc2)cc1. The van der Waals surface area contributed by atoms with Crippen molar-refractivity contribution in [2.45, 2.75) is 0 Å². The van der Waals surface area contributed by atoms with Gasteiger partial charge >= 0.3 is 0 Å². The summed E-state index contributed by atoms with van der Waals surface area (Å²) in [5.74, 6) is 2.45. The molecule has 1 amide bonds. The molecule has 144 valence electrons. The molecular formula is C21H21N3O4. The Bertz CT molecular complexity index is 941. The third-order valence-electron chi connectivity index (χ3n) is 4.04. The zero-order chi connectivity index (χ0) is 19.9. The molecule has 0 bridgehead atoms. The van der Waals surface area contributed by atoms with Crippen molar-refractivity contribution in [3.63, 3.8) is 0 Å². The molecule has 28 heavy (non-hydrogen) atoms. The van der Waals surface area contributed by atoms with E-state index in [1.165, 1.54) is 0 Å². The van der Waals surface area contributed by atoms with Gasteiger partial charge in [0.05, 0.1) is 38.9 Å². The highest BCUT2D eigenvalue weighted by atomic mass is 16.5. The van der Waals surface area contributed by atoms with Crippen molar-refractivity contribution < 1.29 is 19.0 Å². The van der Waals surface area contributed by atoms with E-state index in [0.717, 1.165) is 5.69 Å². The van der Waals surface area contributed by atoms with E-state index in [0.29, 0.717) is 34.3 Å². The second kappa shape index (κ2) is 8.77. The molecule has 0 unspecified atom stereocenters. The quantitative estimate of drug-likeness (QED) is 0.643. The molecule has 0 aliphatic heterocycles. The number of hydrogen-bond donors (Lipinski definition) is 2. The van der Waals surface area contributed by atoms with E-state index in [-0.39, 0.29) is 5.91 Å². The maximum absolute atomic E-state index is 12.3. The van der Waals surface area contributed by atoms with Gasteiger partial charge in [0.2, 0.25) is 0 Å². The van der Waals surface area contributed by atoms with Crippen LogP contribution in [0.4, 0.5) is 17.2 Å². The minimum atomic E-state index is -0.223. The number of nitrogens with one attached hydrogen (secondary N) is 2. The number of carbonyl (C=O) groups excluding carboxylic acids is 1. The van der Waals surface area contributed by atoms with E-state index in [4.69, 9.17) is 14.2 Å². The molecule has 0 radical (unpaired) electrons. The molecule has 1 heterocycles. The average molecular weight is 379 g/mol. The fourth-order valence-corrected chi connectivity index (χ4v) is 2.54. The lowest BCUT2D eigenvalue weighted by atomic mass is 10.2. The molecule has 3 aromatic rings. The van der Waals surface area contributed by atoms with Crippen LogP contribution in [0.2, 0.25) is 0 Å². The number of amides is 1. The van der Waals surface area contributed by atoms with Crippen LogP contribution in [0.3, 0.4) is 0 Å². The Morgan fingerprint density at radius 3 is 2.18 bits per heavy atom. The number of ether oxygens (including phenoxy) is 3. The second-order valence-electron chi connectivity index (χ2n) is 5.81. The van der Waals surface area contributed by atoms with E-state index in [1.54, 1.807) is 63.9 Å². The van der Waals surface area contributed by atoms with Crippen molar-refractivity contribution in [3.8, 4) is 17.2 Å². The molecule has 0 saturated heterocycles. The standard InChI is InChI=1S/C21H21N3O4/c1-26-16-7-4-14(5-8-16)21(25)23-15-6-11-20(22-13-15)24-18-12-17(27-2)9-10-19(18)28-3/h4-13H,1-3H3,(H,22,24)(H,23,25). The van der Waals surface area contributed by atoms with Gasteiger partial charge in [0, 0.05) is 11.6 Å². The van der Waals surface area contributed by atoms with Gasteiger partial charge in [-0.3, -0.25) is 4.79 Å². The maximum atomic E-state index is 12.3. The van der Waals surface area contributed by atoms with E-state index >= 15 is 0 Å². The second-order valence-corrected chi connectivity index (χ2v) is 5.81. The molecule has 2 N–H and O–H groups in total. The predicted molar refractivity (Wildman–Crippen MR) is 108 cm³/mol. The van der Waals surface area contributed by atoms with Crippen molar-refractivity contribution in [1.82, 2.24) is 4.98 Å². The van der Waals surface area contributed by atoms with Gasteiger partial charge in [-0.25, -0.2) is 4.98 Å². The fraction of sp³-hybridized carbons (Fsp3) is 0.143. The normalized spacial score (nSPS) is 10.1. The molecular weight excluding hydrogens is 358 g/mol. The van der Waals surface area contributed by atoms with E-state index in [1.807, 2.05) is 18.2 Å². The van der Waals surface area contributed by atoms with Crippen LogP contribution in [0, 0.1) is 0 Å². The zero-order valence-electron chi connectivity index (χ0n) is 15.9. The minimum Gasteiger partial charge on any atom is -0.497 e. The summed E-state index contributed by atoms with van der Waals surface area (Å²) in [7, 11) is 4.78. The minimum absolute atomic E-state index is 0.223. The Morgan fingerprint density at radius 1 is 0.857 bits per heavy atom. The third-order valence-corrected chi connectivity index (χ3v) is 4.04. The number of rotatable bonds is 7. The van der Waals surface area contributed by atoms with Crippen molar-refractivity contribution in [1.29, 1.82) is 0 Å². The fourth-order valence-electron chi connectivity index (χ4n) is 2.54. The summed E-state index contributed by atoms with van der Waals surface area (Å²) in [6, 6.07) is 15.9. The van der Waals surface area contributed by atoms with Gasteiger partial charge in [-0.05, 0) is 48.5 Å². The van der Waals surface area contributed by atoms with Crippen molar-refractivity contribution >= 4 is 23.1 Å². The Balaban J connectivity index is 1.69. The number of anilines is 3. The molecule has 0 fully saturated rings. The van der Waals surface area contributed by atoms with Crippen LogP contribution >= 0.6 is 0 Å². The summed E-state index contributed by atoms with van der Waals surface area (Å²) in [5, 5.41) is 5.99. The lowest BCUT2D eigenvalue weighted by Gasteiger charge is -2.12. The first-order valence-corrected chi connectivity index (χ1v) is 8.53.